The molecule has 0 spiro atoms. The number of carboxylic acid groups (broad SMARTS) is 1. The first kappa shape index (κ1) is 16.1. The molecule has 2 aromatic rings. The Balaban J connectivity index is 2.25. The van der Waals surface area contributed by atoms with Gasteiger partial charge in [0.2, 0.25) is 0 Å². The smallest absolute Gasteiger partial charge is 0.326 e. The van der Waals surface area contributed by atoms with Gasteiger partial charge in [-0.25, -0.2) is 4.79 Å². The lowest BCUT2D eigenvalue weighted by Gasteiger charge is -2.15. The van der Waals surface area contributed by atoms with Crippen molar-refractivity contribution in [1.29, 1.82) is 0 Å². The van der Waals surface area contributed by atoms with E-state index in [-0.39, 0.29) is 11.8 Å². The summed E-state index contributed by atoms with van der Waals surface area (Å²) in [6, 6.07) is 4.83. The van der Waals surface area contributed by atoms with Crippen LogP contribution in [0.15, 0.2) is 18.2 Å². The molecular formula is C17H22N2O3. The standard InChI is InChI=1S/C17H22N2O3/c1-9(2)7-15(17(21)22)19-16(20)14-8-12-11(4)10(3)5-6-13(12)18-14/h5-6,8-9,15,18H,7H2,1-4H3,(H,19,20)(H,21,22). The van der Waals surface area contributed by atoms with Crippen molar-refractivity contribution < 1.29 is 14.7 Å². The van der Waals surface area contributed by atoms with E-state index in [9.17, 15) is 14.7 Å². The molecule has 22 heavy (non-hydrogen) atoms. The second-order valence-corrected chi connectivity index (χ2v) is 6.15. The molecule has 1 unspecified atom stereocenters. The van der Waals surface area contributed by atoms with Crippen LogP contribution >= 0.6 is 0 Å². The van der Waals surface area contributed by atoms with E-state index in [4.69, 9.17) is 0 Å². The van der Waals surface area contributed by atoms with Crippen LogP contribution in [-0.4, -0.2) is 28.0 Å². The van der Waals surface area contributed by atoms with E-state index < -0.39 is 12.0 Å². The van der Waals surface area contributed by atoms with Crippen LogP contribution in [0.2, 0.25) is 0 Å². The first-order valence-corrected chi connectivity index (χ1v) is 7.42. The number of rotatable bonds is 5. The van der Waals surface area contributed by atoms with Gasteiger partial charge in [-0.1, -0.05) is 19.9 Å². The zero-order valence-corrected chi connectivity index (χ0v) is 13.4. The number of aliphatic carboxylic acids is 1. The molecule has 1 aromatic heterocycles. The van der Waals surface area contributed by atoms with Crippen molar-refractivity contribution >= 4 is 22.8 Å². The predicted molar refractivity (Wildman–Crippen MR) is 86.1 cm³/mol. The third kappa shape index (κ3) is 3.30. The van der Waals surface area contributed by atoms with Crippen molar-refractivity contribution in [2.45, 2.75) is 40.2 Å². The minimum Gasteiger partial charge on any atom is -0.480 e. The normalized spacial score (nSPS) is 12.6. The zero-order valence-electron chi connectivity index (χ0n) is 13.4. The average molecular weight is 302 g/mol. The number of carbonyl (C=O) groups is 2. The maximum Gasteiger partial charge on any atom is 0.326 e. The van der Waals surface area contributed by atoms with E-state index in [2.05, 4.69) is 10.3 Å². The molecule has 0 saturated heterocycles. The Morgan fingerprint density at radius 1 is 1.27 bits per heavy atom. The number of fused-ring (bicyclic) bond motifs is 1. The van der Waals surface area contributed by atoms with Crippen LogP contribution in [0.4, 0.5) is 0 Å². The van der Waals surface area contributed by atoms with E-state index in [1.165, 1.54) is 0 Å². The number of benzene rings is 1. The third-order valence-corrected chi connectivity index (χ3v) is 3.90. The van der Waals surface area contributed by atoms with Crippen molar-refractivity contribution in [3.63, 3.8) is 0 Å². The number of carboxylic acids is 1. The minimum absolute atomic E-state index is 0.189. The van der Waals surface area contributed by atoms with Crippen LogP contribution < -0.4 is 5.32 Å². The first-order chi connectivity index (χ1) is 10.3. The number of hydrogen-bond acceptors (Lipinski definition) is 2. The summed E-state index contributed by atoms with van der Waals surface area (Å²) in [5.74, 6) is -1.21. The summed E-state index contributed by atoms with van der Waals surface area (Å²) in [5, 5.41) is 12.8. The van der Waals surface area contributed by atoms with Gasteiger partial charge >= 0.3 is 5.97 Å². The van der Waals surface area contributed by atoms with Crippen LogP contribution in [0.1, 0.15) is 41.9 Å². The molecule has 5 nitrogen and oxygen atoms in total. The highest BCUT2D eigenvalue weighted by molar-refractivity contribution is 6.00. The molecule has 1 heterocycles. The first-order valence-electron chi connectivity index (χ1n) is 7.42. The summed E-state index contributed by atoms with van der Waals surface area (Å²) in [7, 11) is 0. The van der Waals surface area contributed by atoms with E-state index in [1.54, 1.807) is 6.07 Å². The highest BCUT2D eigenvalue weighted by atomic mass is 16.4. The lowest BCUT2D eigenvalue weighted by atomic mass is 10.0. The summed E-state index contributed by atoms with van der Waals surface area (Å²) >= 11 is 0. The molecule has 0 saturated carbocycles. The Morgan fingerprint density at radius 2 is 1.95 bits per heavy atom. The van der Waals surface area contributed by atoms with Gasteiger partial charge in [-0.05, 0) is 49.4 Å². The molecule has 0 aliphatic heterocycles. The molecule has 3 N–H and O–H groups in total. The lowest BCUT2D eigenvalue weighted by Crippen LogP contribution is -2.41. The molecule has 1 aromatic carbocycles. The molecule has 0 radical (unpaired) electrons. The molecular weight excluding hydrogens is 280 g/mol. The molecule has 0 aliphatic carbocycles. The quantitative estimate of drug-likeness (QED) is 0.794. The minimum atomic E-state index is -1.01. The van der Waals surface area contributed by atoms with Crippen molar-refractivity contribution in [3.8, 4) is 0 Å². The molecule has 5 heteroatoms. The van der Waals surface area contributed by atoms with Crippen molar-refractivity contribution in [3.05, 3.63) is 35.0 Å². The number of nitrogens with one attached hydrogen (secondary N) is 2. The largest absolute Gasteiger partial charge is 0.480 e. The van der Waals surface area contributed by atoms with E-state index in [0.29, 0.717) is 12.1 Å². The Bertz CT molecular complexity index is 716. The SMILES string of the molecule is Cc1ccc2[nH]c(C(=O)NC(CC(C)C)C(=O)O)cc2c1C. The molecule has 1 atom stereocenters. The van der Waals surface area contributed by atoms with E-state index >= 15 is 0 Å². The predicted octanol–water partition coefficient (Wildman–Crippen LogP) is 3.01. The summed E-state index contributed by atoms with van der Waals surface area (Å²) < 4.78 is 0. The van der Waals surface area contributed by atoms with Gasteiger partial charge in [-0.2, -0.15) is 0 Å². The topological polar surface area (TPSA) is 82.2 Å². The summed E-state index contributed by atoms with van der Waals surface area (Å²) in [5.41, 5.74) is 3.54. The summed E-state index contributed by atoms with van der Waals surface area (Å²) in [6.07, 6.45) is 0.402. The van der Waals surface area contributed by atoms with Crippen LogP contribution in [0.5, 0.6) is 0 Å². The van der Waals surface area contributed by atoms with Crippen LogP contribution in [0.25, 0.3) is 10.9 Å². The van der Waals surface area contributed by atoms with Crippen molar-refractivity contribution in [2.75, 3.05) is 0 Å². The van der Waals surface area contributed by atoms with E-state index in [0.717, 1.165) is 22.0 Å². The van der Waals surface area contributed by atoms with Gasteiger partial charge in [0.25, 0.3) is 5.91 Å². The summed E-state index contributed by atoms with van der Waals surface area (Å²) in [6.45, 7) is 7.88. The molecule has 0 fully saturated rings. The molecule has 118 valence electrons. The van der Waals surface area contributed by atoms with Gasteiger partial charge in [0, 0.05) is 10.9 Å². The maximum absolute atomic E-state index is 12.3. The molecule has 0 aliphatic rings. The fourth-order valence-electron chi connectivity index (χ4n) is 2.51. The second kappa shape index (κ2) is 6.22. The number of carbonyl (C=O) groups excluding carboxylic acids is 1. The molecule has 0 bridgehead atoms. The number of aromatic amines is 1. The Labute approximate surface area is 129 Å². The molecule has 2 rings (SSSR count). The Hall–Kier alpha value is -2.30. The van der Waals surface area contributed by atoms with Crippen molar-refractivity contribution in [2.24, 2.45) is 5.92 Å². The van der Waals surface area contributed by atoms with Gasteiger partial charge in [-0.3, -0.25) is 4.79 Å². The highest BCUT2D eigenvalue weighted by Crippen LogP contribution is 2.22. The zero-order chi connectivity index (χ0) is 16.4. The van der Waals surface area contributed by atoms with Gasteiger partial charge < -0.3 is 15.4 Å². The fraction of sp³-hybridized carbons (Fsp3) is 0.412. The highest BCUT2D eigenvalue weighted by Gasteiger charge is 2.22. The summed E-state index contributed by atoms with van der Waals surface area (Å²) in [4.78, 5) is 26.6. The number of H-pyrrole nitrogens is 1. The average Bonchev–Trinajstić information content (AvgIpc) is 2.86. The monoisotopic (exact) mass is 302 g/mol. The number of aromatic nitrogens is 1. The molecule has 1 amide bonds. The number of amides is 1. The van der Waals surface area contributed by atoms with E-state index in [1.807, 2.05) is 39.8 Å². The lowest BCUT2D eigenvalue weighted by molar-refractivity contribution is -0.139. The van der Waals surface area contributed by atoms with Gasteiger partial charge in [0.05, 0.1) is 0 Å². The second-order valence-electron chi connectivity index (χ2n) is 6.15. The maximum atomic E-state index is 12.3. The van der Waals surface area contributed by atoms with Gasteiger partial charge in [0.1, 0.15) is 11.7 Å². The van der Waals surface area contributed by atoms with Crippen molar-refractivity contribution in [1.82, 2.24) is 10.3 Å². The number of aryl methyl sites for hydroxylation is 2. The van der Waals surface area contributed by atoms with Crippen LogP contribution in [-0.2, 0) is 4.79 Å². The third-order valence-electron chi connectivity index (χ3n) is 3.90. The Morgan fingerprint density at radius 3 is 2.55 bits per heavy atom. The Kier molecular flexibility index (Phi) is 4.54. The van der Waals surface area contributed by atoms with Gasteiger partial charge in [0.15, 0.2) is 0 Å². The van der Waals surface area contributed by atoms with Crippen LogP contribution in [0, 0.1) is 19.8 Å². The number of hydrogen-bond donors (Lipinski definition) is 3. The van der Waals surface area contributed by atoms with Crippen LogP contribution in [0.3, 0.4) is 0 Å². The fourth-order valence-corrected chi connectivity index (χ4v) is 2.51. The van der Waals surface area contributed by atoms with Gasteiger partial charge in [-0.15, -0.1) is 0 Å².